The average molecular weight is 278 g/mol. The highest BCUT2D eigenvalue weighted by molar-refractivity contribution is 5.25. The van der Waals surface area contributed by atoms with Crippen LogP contribution in [0.1, 0.15) is 44.2 Å². The monoisotopic (exact) mass is 278 g/mol. The van der Waals surface area contributed by atoms with E-state index < -0.39 is 0 Å². The smallest absolute Gasteiger partial charge is 0.127 e. The molecule has 2 rings (SSSR count). The lowest BCUT2D eigenvalue weighted by Gasteiger charge is -2.34. The maximum atomic E-state index is 13.9. The van der Waals surface area contributed by atoms with E-state index in [0.717, 1.165) is 18.7 Å². The van der Waals surface area contributed by atoms with E-state index in [1.54, 1.807) is 6.07 Å². The third-order valence-corrected chi connectivity index (χ3v) is 4.11. The van der Waals surface area contributed by atoms with E-state index in [9.17, 15) is 4.39 Å². The molecule has 1 N–H and O–H groups in total. The summed E-state index contributed by atoms with van der Waals surface area (Å²) in [5.41, 5.74) is 1.99. The Morgan fingerprint density at radius 3 is 2.70 bits per heavy atom. The molecule has 2 nitrogen and oxygen atoms in total. The minimum absolute atomic E-state index is 0.0798. The van der Waals surface area contributed by atoms with E-state index in [4.69, 9.17) is 0 Å². The third-order valence-electron chi connectivity index (χ3n) is 4.11. The van der Waals surface area contributed by atoms with Gasteiger partial charge in [-0.05, 0) is 44.0 Å². The highest BCUT2D eigenvalue weighted by Crippen LogP contribution is 2.25. The zero-order chi connectivity index (χ0) is 14.5. The molecular formula is C17H27FN2. The molecule has 0 saturated heterocycles. The van der Waals surface area contributed by atoms with Gasteiger partial charge in [-0.15, -0.1) is 0 Å². The van der Waals surface area contributed by atoms with Crippen LogP contribution in [0.25, 0.3) is 0 Å². The number of nitrogens with zero attached hydrogens (tertiary/aromatic N) is 1. The first-order valence-electron chi connectivity index (χ1n) is 7.74. The topological polar surface area (TPSA) is 15.3 Å². The van der Waals surface area contributed by atoms with Crippen molar-refractivity contribution in [1.29, 1.82) is 0 Å². The summed E-state index contributed by atoms with van der Waals surface area (Å²) in [4.78, 5) is 2.28. The summed E-state index contributed by atoms with van der Waals surface area (Å²) in [5, 5.41) is 3.41. The Morgan fingerprint density at radius 1 is 1.35 bits per heavy atom. The predicted molar refractivity (Wildman–Crippen MR) is 82.1 cm³/mol. The van der Waals surface area contributed by atoms with Crippen molar-refractivity contribution in [2.24, 2.45) is 5.92 Å². The van der Waals surface area contributed by atoms with Crippen LogP contribution >= 0.6 is 0 Å². The van der Waals surface area contributed by atoms with Gasteiger partial charge < -0.3 is 5.32 Å². The lowest BCUT2D eigenvalue weighted by Crippen LogP contribution is -2.36. The van der Waals surface area contributed by atoms with Gasteiger partial charge in [0.2, 0.25) is 0 Å². The average Bonchev–Trinajstić information content (AvgIpc) is 2.30. The van der Waals surface area contributed by atoms with Gasteiger partial charge in [0.05, 0.1) is 0 Å². The van der Waals surface area contributed by atoms with Crippen LogP contribution in [0.2, 0.25) is 0 Å². The fraction of sp³-hybridized carbons (Fsp3) is 0.647. The molecule has 1 aliphatic carbocycles. The molecule has 0 spiro atoms. The Balaban J connectivity index is 1.93. The quantitative estimate of drug-likeness (QED) is 0.820. The normalized spacial score (nSPS) is 15.9. The van der Waals surface area contributed by atoms with Crippen molar-refractivity contribution in [3.8, 4) is 0 Å². The first-order chi connectivity index (χ1) is 9.56. The summed E-state index contributed by atoms with van der Waals surface area (Å²) < 4.78 is 13.9. The van der Waals surface area contributed by atoms with Gasteiger partial charge in [-0.2, -0.15) is 0 Å². The van der Waals surface area contributed by atoms with Gasteiger partial charge in [0.1, 0.15) is 5.82 Å². The van der Waals surface area contributed by atoms with Crippen LogP contribution in [0.5, 0.6) is 0 Å². The number of hydrogen-bond acceptors (Lipinski definition) is 2. The zero-order valence-corrected chi connectivity index (χ0v) is 13.0. The summed E-state index contributed by atoms with van der Waals surface area (Å²) in [6, 6.07) is 6.15. The molecule has 1 aromatic rings. The first kappa shape index (κ1) is 15.5. The maximum Gasteiger partial charge on any atom is 0.127 e. The van der Waals surface area contributed by atoms with E-state index in [-0.39, 0.29) is 5.82 Å². The summed E-state index contributed by atoms with van der Waals surface area (Å²) >= 11 is 0. The lowest BCUT2D eigenvalue weighted by molar-refractivity contribution is 0.151. The van der Waals surface area contributed by atoms with E-state index in [1.807, 2.05) is 12.1 Å². The van der Waals surface area contributed by atoms with E-state index in [2.05, 4.69) is 31.1 Å². The minimum Gasteiger partial charge on any atom is -0.312 e. The van der Waals surface area contributed by atoms with Crippen molar-refractivity contribution >= 4 is 0 Å². The van der Waals surface area contributed by atoms with Crippen molar-refractivity contribution in [3.63, 3.8) is 0 Å². The van der Waals surface area contributed by atoms with Crippen molar-refractivity contribution in [3.05, 3.63) is 35.1 Å². The second-order valence-electron chi connectivity index (χ2n) is 6.45. The van der Waals surface area contributed by atoms with Gasteiger partial charge in [-0.1, -0.05) is 32.4 Å². The van der Waals surface area contributed by atoms with Crippen LogP contribution in [0.3, 0.4) is 0 Å². The molecule has 0 amide bonds. The number of benzene rings is 1. The molecule has 1 fully saturated rings. The SMILES string of the molecule is CC(C)CNCc1ccc(F)c(CN(C)C2CCC2)c1. The number of hydrogen-bond donors (Lipinski definition) is 1. The van der Waals surface area contributed by atoms with Gasteiger partial charge >= 0.3 is 0 Å². The molecule has 0 bridgehead atoms. The molecule has 0 heterocycles. The molecule has 0 aliphatic heterocycles. The van der Waals surface area contributed by atoms with E-state index >= 15 is 0 Å². The highest BCUT2D eigenvalue weighted by Gasteiger charge is 2.22. The van der Waals surface area contributed by atoms with Gasteiger partial charge in [0.15, 0.2) is 0 Å². The Labute approximate surface area is 122 Å². The van der Waals surface area contributed by atoms with E-state index in [0.29, 0.717) is 18.5 Å². The van der Waals surface area contributed by atoms with Crippen LogP contribution in [-0.2, 0) is 13.1 Å². The molecule has 0 aromatic heterocycles. The number of nitrogens with one attached hydrogen (secondary N) is 1. The van der Waals surface area contributed by atoms with E-state index in [1.165, 1.54) is 24.8 Å². The fourth-order valence-corrected chi connectivity index (χ4v) is 2.59. The summed E-state index contributed by atoms with van der Waals surface area (Å²) in [5.74, 6) is 0.559. The number of halogens is 1. The standard InChI is InChI=1S/C17H27FN2/c1-13(2)10-19-11-14-7-8-17(18)15(9-14)12-20(3)16-5-4-6-16/h7-9,13,16,19H,4-6,10-12H2,1-3H3. The molecule has 20 heavy (non-hydrogen) atoms. The summed E-state index contributed by atoms with van der Waals surface area (Å²) in [6.45, 7) is 6.91. The molecule has 0 radical (unpaired) electrons. The van der Waals surface area contributed by atoms with Crippen LogP contribution in [0, 0.1) is 11.7 Å². The van der Waals surface area contributed by atoms with Crippen LogP contribution in [-0.4, -0.2) is 24.5 Å². The van der Waals surface area contributed by atoms with Gasteiger partial charge in [0.25, 0.3) is 0 Å². The van der Waals surface area contributed by atoms with Crippen LogP contribution in [0.4, 0.5) is 4.39 Å². The second-order valence-corrected chi connectivity index (χ2v) is 6.45. The molecule has 3 heteroatoms. The Morgan fingerprint density at radius 2 is 2.10 bits per heavy atom. The number of rotatable bonds is 7. The molecule has 0 unspecified atom stereocenters. The zero-order valence-electron chi connectivity index (χ0n) is 13.0. The Hall–Kier alpha value is -0.930. The molecule has 1 aliphatic rings. The van der Waals surface area contributed by atoms with Crippen molar-refractivity contribution in [2.45, 2.75) is 52.2 Å². The largest absolute Gasteiger partial charge is 0.312 e. The third kappa shape index (κ3) is 4.29. The molecular weight excluding hydrogens is 251 g/mol. The Bertz CT molecular complexity index is 427. The van der Waals surface area contributed by atoms with Crippen molar-refractivity contribution in [1.82, 2.24) is 10.2 Å². The second kappa shape index (κ2) is 7.19. The van der Waals surface area contributed by atoms with Gasteiger partial charge in [0, 0.05) is 24.7 Å². The van der Waals surface area contributed by atoms with Crippen LogP contribution < -0.4 is 5.32 Å². The van der Waals surface area contributed by atoms with Gasteiger partial charge in [-0.3, -0.25) is 4.90 Å². The minimum atomic E-state index is -0.0798. The first-order valence-corrected chi connectivity index (χ1v) is 7.74. The Kier molecular flexibility index (Phi) is 5.55. The highest BCUT2D eigenvalue weighted by atomic mass is 19.1. The van der Waals surface area contributed by atoms with Crippen molar-refractivity contribution < 1.29 is 4.39 Å². The summed E-state index contributed by atoms with van der Waals surface area (Å²) in [6.07, 6.45) is 3.83. The maximum absolute atomic E-state index is 13.9. The lowest BCUT2D eigenvalue weighted by atomic mass is 9.91. The van der Waals surface area contributed by atoms with Crippen LogP contribution in [0.15, 0.2) is 18.2 Å². The molecule has 1 aromatic carbocycles. The molecule has 0 atom stereocenters. The fourth-order valence-electron chi connectivity index (χ4n) is 2.59. The predicted octanol–water partition coefficient (Wildman–Crippen LogP) is 3.56. The molecule has 1 saturated carbocycles. The summed E-state index contributed by atoms with van der Waals surface area (Å²) in [7, 11) is 2.10. The van der Waals surface area contributed by atoms with Crippen molar-refractivity contribution in [2.75, 3.05) is 13.6 Å². The molecule has 112 valence electrons. The van der Waals surface area contributed by atoms with Gasteiger partial charge in [-0.25, -0.2) is 4.39 Å².